The third kappa shape index (κ3) is 4.54. The van der Waals surface area contributed by atoms with E-state index in [1.165, 1.54) is 6.20 Å². The Labute approximate surface area is 160 Å². The maximum absolute atomic E-state index is 12.8. The summed E-state index contributed by atoms with van der Waals surface area (Å²) in [5.41, 5.74) is 2.65. The van der Waals surface area contributed by atoms with Crippen LogP contribution in [0.4, 0.5) is 5.69 Å². The van der Waals surface area contributed by atoms with Crippen molar-refractivity contribution in [3.8, 4) is 0 Å². The van der Waals surface area contributed by atoms with Gasteiger partial charge in [0.2, 0.25) is 0 Å². The Morgan fingerprint density at radius 1 is 1.22 bits per heavy atom. The van der Waals surface area contributed by atoms with Crippen molar-refractivity contribution in [1.29, 1.82) is 0 Å². The van der Waals surface area contributed by atoms with Gasteiger partial charge in [0, 0.05) is 30.5 Å². The number of nitrogens with one attached hydrogen (secondary N) is 1. The van der Waals surface area contributed by atoms with E-state index in [4.69, 9.17) is 0 Å². The number of nitrogens with zero attached hydrogens (tertiary/aromatic N) is 2. The minimum atomic E-state index is -0.230. The Kier molecular flexibility index (Phi) is 5.89. The van der Waals surface area contributed by atoms with Gasteiger partial charge in [-0.3, -0.25) is 14.6 Å². The zero-order chi connectivity index (χ0) is 19.4. The van der Waals surface area contributed by atoms with E-state index in [0.29, 0.717) is 23.1 Å². The molecule has 1 atom stereocenters. The van der Waals surface area contributed by atoms with E-state index < -0.39 is 0 Å². The molecule has 5 heteroatoms. The Morgan fingerprint density at radius 3 is 2.74 bits per heavy atom. The summed E-state index contributed by atoms with van der Waals surface area (Å²) in [5.74, 6) is 0.476. The van der Waals surface area contributed by atoms with Crippen molar-refractivity contribution in [3.63, 3.8) is 0 Å². The highest BCUT2D eigenvalue weighted by Gasteiger charge is 2.23. The number of piperidine rings is 1. The Morgan fingerprint density at radius 2 is 2.00 bits per heavy atom. The van der Waals surface area contributed by atoms with Gasteiger partial charge in [-0.2, -0.15) is 0 Å². The summed E-state index contributed by atoms with van der Waals surface area (Å²) in [6, 6.07) is 11.0. The van der Waals surface area contributed by atoms with Crippen molar-refractivity contribution in [2.24, 2.45) is 5.92 Å². The van der Waals surface area contributed by atoms with Crippen molar-refractivity contribution in [3.05, 3.63) is 59.4 Å². The second-order valence-electron chi connectivity index (χ2n) is 7.62. The van der Waals surface area contributed by atoms with E-state index >= 15 is 0 Å². The van der Waals surface area contributed by atoms with Gasteiger partial charge in [-0.05, 0) is 48.4 Å². The summed E-state index contributed by atoms with van der Waals surface area (Å²) in [7, 11) is 0. The average Bonchev–Trinajstić information content (AvgIpc) is 2.67. The molecule has 1 aromatic carbocycles. The fourth-order valence-corrected chi connectivity index (χ4v) is 3.53. The van der Waals surface area contributed by atoms with Crippen LogP contribution in [-0.2, 0) is 0 Å². The molecule has 1 N–H and O–H groups in total. The zero-order valence-corrected chi connectivity index (χ0v) is 16.2. The van der Waals surface area contributed by atoms with E-state index in [0.717, 1.165) is 37.2 Å². The molecule has 0 radical (unpaired) electrons. The molecule has 0 bridgehead atoms. The lowest BCUT2D eigenvalue weighted by molar-refractivity contribution is 0.0677. The van der Waals surface area contributed by atoms with Crippen LogP contribution in [0.3, 0.4) is 0 Å². The lowest BCUT2D eigenvalue weighted by atomic mass is 10.00. The number of carbonyl (C=O) groups excluding carboxylic acids is 2. The Bertz CT molecular complexity index is 832. The molecule has 0 spiro atoms. The number of rotatable bonds is 4. The normalized spacial score (nSPS) is 17.0. The first-order valence-electron chi connectivity index (χ1n) is 9.61. The van der Waals surface area contributed by atoms with Crippen molar-refractivity contribution in [2.75, 3.05) is 18.4 Å². The van der Waals surface area contributed by atoms with Crippen LogP contribution in [0.15, 0.2) is 42.6 Å². The molecular formula is C22H27N3O2. The molecule has 0 saturated carbocycles. The summed E-state index contributed by atoms with van der Waals surface area (Å²) < 4.78 is 0. The molecule has 3 rings (SSSR count). The van der Waals surface area contributed by atoms with Crippen LogP contribution in [0, 0.1) is 5.92 Å². The lowest BCUT2D eigenvalue weighted by Crippen LogP contribution is -2.39. The maximum Gasteiger partial charge on any atom is 0.272 e. The van der Waals surface area contributed by atoms with Crippen molar-refractivity contribution in [2.45, 2.75) is 39.5 Å². The van der Waals surface area contributed by atoms with Crippen LogP contribution in [0.2, 0.25) is 0 Å². The number of hydrogen-bond donors (Lipinski definition) is 1. The topological polar surface area (TPSA) is 62.3 Å². The number of benzene rings is 1. The van der Waals surface area contributed by atoms with Gasteiger partial charge < -0.3 is 10.2 Å². The van der Waals surface area contributed by atoms with Crippen LogP contribution >= 0.6 is 0 Å². The van der Waals surface area contributed by atoms with E-state index in [9.17, 15) is 9.59 Å². The molecule has 2 heterocycles. The molecule has 2 amide bonds. The Hall–Kier alpha value is -2.69. The quantitative estimate of drug-likeness (QED) is 0.877. The third-order valence-electron chi connectivity index (χ3n) is 5.02. The van der Waals surface area contributed by atoms with Crippen molar-refractivity contribution >= 4 is 17.5 Å². The van der Waals surface area contributed by atoms with Crippen LogP contribution in [0.5, 0.6) is 0 Å². The third-order valence-corrected chi connectivity index (χ3v) is 5.02. The minimum Gasteiger partial charge on any atom is -0.337 e. The molecule has 1 aliphatic rings. The van der Waals surface area contributed by atoms with Gasteiger partial charge in [-0.25, -0.2) is 0 Å². The second kappa shape index (κ2) is 8.33. The molecule has 27 heavy (non-hydrogen) atoms. The highest BCUT2D eigenvalue weighted by Crippen LogP contribution is 2.24. The summed E-state index contributed by atoms with van der Waals surface area (Å²) in [6.45, 7) is 7.84. The molecule has 142 valence electrons. The first-order chi connectivity index (χ1) is 13.0. The van der Waals surface area contributed by atoms with Crippen LogP contribution in [0.25, 0.3) is 0 Å². The maximum atomic E-state index is 12.8. The molecule has 2 aromatic rings. The molecular weight excluding hydrogens is 338 g/mol. The van der Waals surface area contributed by atoms with Gasteiger partial charge in [0.05, 0.1) is 0 Å². The number of para-hydroxylation sites is 1. The van der Waals surface area contributed by atoms with Crippen LogP contribution < -0.4 is 5.32 Å². The van der Waals surface area contributed by atoms with E-state index in [-0.39, 0.29) is 11.8 Å². The van der Waals surface area contributed by atoms with Crippen LogP contribution in [-0.4, -0.2) is 34.8 Å². The summed E-state index contributed by atoms with van der Waals surface area (Å²) in [4.78, 5) is 31.5. The summed E-state index contributed by atoms with van der Waals surface area (Å²) >= 11 is 0. The van der Waals surface area contributed by atoms with Crippen molar-refractivity contribution < 1.29 is 9.59 Å². The second-order valence-corrected chi connectivity index (χ2v) is 7.62. The fraction of sp³-hybridized carbons (Fsp3) is 0.409. The predicted molar refractivity (Wildman–Crippen MR) is 107 cm³/mol. The van der Waals surface area contributed by atoms with Crippen molar-refractivity contribution in [1.82, 2.24) is 9.88 Å². The van der Waals surface area contributed by atoms with E-state index in [1.807, 2.05) is 29.2 Å². The van der Waals surface area contributed by atoms with Crippen LogP contribution in [0.1, 0.15) is 65.9 Å². The molecule has 1 saturated heterocycles. The first-order valence-corrected chi connectivity index (χ1v) is 9.61. The van der Waals surface area contributed by atoms with Gasteiger partial charge in [-0.1, -0.05) is 39.0 Å². The molecule has 1 unspecified atom stereocenters. The fourth-order valence-electron chi connectivity index (χ4n) is 3.53. The van der Waals surface area contributed by atoms with Gasteiger partial charge in [0.1, 0.15) is 5.69 Å². The van der Waals surface area contributed by atoms with E-state index in [2.05, 4.69) is 31.1 Å². The number of anilines is 1. The number of likely N-dealkylation sites (tertiary alicyclic amines) is 1. The molecule has 0 aliphatic carbocycles. The van der Waals surface area contributed by atoms with Gasteiger partial charge in [-0.15, -0.1) is 0 Å². The van der Waals surface area contributed by atoms with Gasteiger partial charge in [0.15, 0.2) is 0 Å². The average molecular weight is 365 g/mol. The lowest BCUT2D eigenvalue weighted by Gasteiger charge is -2.30. The minimum absolute atomic E-state index is 0.0984. The Balaban J connectivity index is 1.77. The number of amides is 2. The summed E-state index contributed by atoms with van der Waals surface area (Å²) in [5, 5.41) is 2.97. The van der Waals surface area contributed by atoms with Gasteiger partial charge >= 0.3 is 0 Å². The molecule has 5 nitrogen and oxygen atoms in total. The zero-order valence-electron chi connectivity index (χ0n) is 16.2. The standard InChI is InChI=1S/C22H27N3O2/c1-15(2)18-8-4-5-9-19(18)24-21(26)17-10-11-23-20(13-17)22(27)25-12-6-7-16(3)14-25/h4-5,8-11,13,15-16H,6-7,12,14H2,1-3H3,(H,24,26). The number of hydrogen-bond acceptors (Lipinski definition) is 3. The highest BCUT2D eigenvalue weighted by atomic mass is 16.2. The number of carbonyl (C=O) groups is 2. The predicted octanol–water partition coefficient (Wildman–Crippen LogP) is 4.33. The smallest absolute Gasteiger partial charge is 0.272 e. The number of pyridine rings is 1. The monoisotopic (exact) mass is 365 g/mol. The molecule has 1 aliphatic heterocycles. The molecule has 1 aromatic heterocycles. The number of aromatic nitrogens is 1. The van der Waals surface area contributed by atoms with Gasteiger partial charge in [0.25, 0.3) is 11.8 Å². The SMILES string of the molecule is CC1CCCN(C(=O)c2cc(C(=O)Nc3ccccc3C(C)C)ccn2)C1. The molecule has 1 fully saturated rings. The van der Waals surface area contributed by atoms with E-state index in [1.54, 1.807) is 12.1 Å². The first kappa shape index (κ1) is 19.1. The summed E-state index contributed by atoms with van der Waals surface area (Å²) in [6.07, 6.45) is 3.69. The highest BCUT2D eigenvalue weighted by molar-refractivity contribution is 6.06. The largest absolute Gasteiger partial charge is 0.337 e.